The highest BCUT2D eigenvalue weighted by atomic mass is 35.5. The minimum atomic E-state index is -0.655. The molecule has 3 aliphatic rings. The quantitative estimate of drug-likeness (QED) is 0.117. The Balaban J connectivity index is 0.000000253. The van der Waals surface area contributed by atoms with Gasteiger partial charge in [0.1, 0.15) is 72.5 Å². The van der Waals surface area contributed by atoms with E-state index in [-0.39, 0.29) is 76.0 Å². The topological polar surface area (TPSA) is 141 Å². The third-order valence-corrected chi connectivity index (χ3v) is 10.8. The summed E-state index contributed by atoms with van der Waals surface area (Å²) in [5.41, 5.74) is 6.69. The maximum absolute atomic E-state index is 13.6. The zero-order valence-corrected chi connectivity index (χ0v) is 39.0. The van der Waals surface area contributed by atoms with Crippen LogP contribution in [0.4, 0.5) is 31.5 Å². The predicted octanol–water partition coefficient (Wildman–Crippen LogP) is 11.6. The molecule has 352 valence electrons. The van der Waals surface area contributed by atoms with Crippen molar-refractivity contribution >= 4 is 59.4 Å². The van der Waals surface area contributed by atoms with E-state index in [4.69, 9.17) is 59.5 Å². The number of nitrogens with two attached hydrogens (primary N) is 1. The number of halogens is 9. The molecule has 0 saturated heterocycles. The predicted molar refractivity (Wildman–Crippen MR) is 236 cm³/mol. The first-order chi connectivity index (χ1) is 29.0. The molecule has 3 aromatic carbocycles. The average molecular weight is 976 g/mol. The number of ether oxygens (including phenoxy) is 4. The van der Waals surface area contributed by atoms with E-state index in [0.717, 1.165) is 36.5 Å². The van der Waals surface area contributed by atoms with Crippen LogP contribution in [0.5, 0.6) is 17.2 Å². The molecule has 19 heteroatoms. The Morgan fingerprint density at radius 3 is 1.37 bits per heavy atom. The van der Waals surface area contributed by atoms with Crippen LogP contribution < -0.4 is 25.8 Å². The molecule has 0 bridgehead atoms. The first-order valence-electron chi connectivity index (χ1n) is 20.2. The van der Waals surface area contributed by atoms with Gasteiger partial charge in [-0.2, -0.15) is 0 Å². The largest absolute Gasteiger partial charge is 0.508 e. The van der Waals surface area contributed by atoms with Gasteiger partial charge in [-0.3, -0.25) is 0 Å². The van der Waals surface area contributed by atoms with Crippen LogP contribution in [0.15, 0.2) is 36.4 Å². The second-order valence-electron chi connectivity index (χ2n) is 17.3. The van der Waals surface area contributed by atoms with Gasteiger partial charge < -0.3 is 40.4 Å². The summed E-state index contributed by atoms with van der Waals surface area (Å²) in [6.07, 6.45) is 1.63. The van der Waals surface area contributed by atoms with E-state index in [1.807, 2.05) is 0 Å². The Morgan fingerprint density at radius 2 is 1.00 bits per heavy atom. The molecule has 2 amide bonds. The van der Waals surface area contributed by atoms with Crippen molar-refractivity contribution in [2.24, 2.45) is 23.5 Å². The summed E-state index contributed by atoms with van der Waals surface area (Å²) in [6.45, 7) is 10.8. The summed E-state index contributed by atoms with van der Waals surface area (Å²) < 4.78 is 85.3. The van der Waals surface area contributed by atoms with Crippen molar-refractivity contribution in [3.63, 3.8) is 0 Å². The van der Waals surface area contributed by atoms with Crippen LogP contribution in [-0.4, -0.2) is 74.7 Å². The fourth-order valence-electron chi connectivity index (χ4n) is 6.72. The molecule has 0 radical (unpaired) electrons. The van der Waals surface area contributed by atoms with Crippen molar-refractivity contribution in [2.75, 3.05) is 46.2 Å². The van der Waals surface area contributed by atoms with Crippen LogP contribution in [0, 0.1) is 35.2 Å². The van der Waals surface area contributed by atoms with Gasteiger partial charge in [0, 0.05) is 31.3 Å². The van der Waals surface area contributed by atoms with Gasteiger partial charge in [0.15, 0.2) is 0 Å². The van der Waals surface area contributed by atoms with Crippen molar-refractivity contribution in [1.82, 2.24) is 10.6 Å². The van der Waals surface area contributed by atoms with Gasteiger partial charge in [-0.1, -0.05) is 34.8 Å². The molecule has 0 heterocycles. The lowest BCUT2D eigenvalue weighted by atomic mass is 10.1. The second-order valence-corrected chi connectivity index (χ2v) is 18.5. The molecule has 6 atom stereocenters. The number of benzene rings is 3. The van der Waals surface area contributed by atoms with E-state index in [1.54, 1.807) is 47.6 Å². The summed E-state index contributed by atoms with van der Waals surface area (Å²) >= 11 is 17.3. The number of carbonyl (C=O) groups is 2. The highest BCUT2D eigenvalue weighted by Gasteiger charge is 2.42. The van der Waals surface area contributed by atoms with Gasteiger partial charge in [-0.25, -0.2) is 31.5 Å². The number of phenolic OH excluding ortho intramolecular Hbond substituents is 1. The molecule has 5 N–H and O–H groups in total. The van der Waals surface area contributed by atoms with Crippen molar-refractivity contribution in [3.05, 3.63) is 85.6 Å². The first-order valence-corrected chi connectivity index (χ1v) is 21.4. The number of carbonyl (C=O) groups excluding carboxylic acids is 2. The minimum absolute atomic E-state index is 0. The molecule has 10 nitrogen and oxygen atoms in total. The molecular formula is C44H56Cl4F5N3O7. The van der Waals surface area contributed by atoms with E-state index in [1.165, 1.54) is 24.3 Å². The third-order valence-electron chi connectivity index (χ3n) is 9.93. The Labute approximate surface area is 386 Å². The fraction of sp³-hybridized carbons (Fsp3) is 0.545. The van der Waals surface area contributed by atoms with Crippen LogP contribution in [0.3, 0.4) is 0 Å². The zero-order valence-electron chi connectivity index (χ0n) is 35.9. The van der Waals surface area contributed by atoms with E-state index in [2.05, 4.69) is 10.6 Å². The number of hydrogen-bond acceptors (Lipinski definition) is 8. The number of rotatable bonds is 14. The number of amides is 2. The van der Waals surface area contributed by atoms with E-state index in [0.29, 0.717) is 42.6 Å². The summed E-state index contributed by atoms with van der Waals surface area (Å²) in [5.74, 6) is 0.0143. The molecule has 63 heavy (non-hydrogen) atoms. The van der Waals surface area contributed by atoms with Crippen molar-refractivity contribution in [2.45, 2.75) is 89.8 Å². The van der Waals surface area contributed by atoms with Gasteiger partial charge in [-0.05, 0) is 138 Å². The number of hydrogen-bond donors (Lipinski definition) is 4. The number of nitrogens with one attached hydrogen (secondary N) is 2. The highest BCUT2D eigenvalue weighted by Crippen LogP contribution is 2.52. The second kappa shape index (κ2) is 23.5. The average Bonchev–Trinajstić information content (AvgIpc) is 4.08. The monoisotopic (exact) mass is 973 g/mol. The highest BCUT2D eigenvalue weighted by molar-refractivity contribution is 6.31. The molecule has 3 fully saturated rings. The summed E-state index contributed by atoms with van der Waals surface area (Å²) in [6, 6.07) is 7.95. The number of alkyl halides is 2. The molecule has 3 saturated carbocycles. The van der Waals surface area contributed by atoms with Crippen LogP contribution in [0.25, 0.3) is 0 Å². The Morgan fingerprint density at radius 1 is 0.651 bits per heavy atom. The normalized spacial score (nSPS) is 20.6. The van der Waals surface area contributed by atoms with Gasteiger partial charge in [-0.15, -0.1) is 12.4 Å². The maximum Gasteiger partial charge on any atom is 0.407 e. The van der Waals surface area contributed by atoms with Crippen LogP contribution in [0.1, 0.15) is 95.2 Å². The van der Waals surface area contributed by atoms with Gasteiger partial charge in [0.05, 0.1) is 15.1 Å². The summed E-state index contributed by atoms with van der Waals surface area (Å²) in [5, 5.41) is 15.2. The lowest BCUT2D eigenvalue weighted by Crippen LogP contribution is -2.33. The number of phenols is 1. The standard InChI is InChI=1S/C17H22ClF2NO3.C15H19ClFNO3.C12H14ClF2NO.ClH/c1-17(2,3)24-16(22)21-9-10-6-11(10)12-7-13(18)14(20)8-15(12)23-5-4-19;1-15(2,3)21-14(20)18-7-8-4-9(8)10-5-11(16)12(17)6-13(10)19;13-10-4-9(8-3-7(8)6-16)12(5-11(10)15)17-2-1-14;/h7-8,10-11H,4-6,9H2,1-3H3,(H,21,22);5-6,8-9,19H,4,7H2,1-3H3,(H,18,20);4-5,7-8H,1-3,6,16H2;1H. The van der Waals surface area contributed by atoms with Gasteiger partial charge >= 0.3 is 12.2 Å². The van der Waals surface area contributed by atoms with E-state index >= 15 is 0 Å². The SMILES string of the molecule is CC(C)(C)OC(=O)NCC1CC1c1cc(Cl)c(F)cc1O.CC(C)(C)OC(=O)NCC1CC1c1cc(Cl)c(F)cc1OCCF.Cl.NCC1CC1c1cc(Cl)c(F)cc1OCCF. The fourth-order valence-corrected chi connectivity index (χ4v) is 7.23. The van der Waals surface area contributed by atoms with Crippen molar-refractivity contribution in [3.8, 4) is 17.2 Å². The van der Waals surface area contributed by atoms with Crippen molar-refractivity contribution in [1.29, 1.82) is 0 Å². The lowest BCUT2D eigenvalue weighted by molar-refractivity contribution is 0.0513. The maximum atomic E-state index is 13.6. The molecule has 3 aromatic rings. The number of alkyl carbamates (subject to hydrolysis) is 2. The Kier molecular flexibility index (Phi) is 20.1. The molecule has 3 aliphatic carbocycles. The molecule has 0 aromatic heterocycles. The molecule has 6 unspecified atom stereocenters. The van der Waals surface area contributed by atoms with Crippen LogP contribution in [0.2, 0.25) is 15.1 Å². The lowest BCUT2D eigenvalue weighted by Gasteiger charge is -2.19. The van der Waals surface area contributed by atoms with Crippen LogP contribution in [-0.2, 0) is 9.47 Å². The molecular weight excluding hydrogens is 919 g/mol. The van der Waals surface area contributed by atoms with E-state index in [9.17, 15) is 36.6 Å². The summed E-state index contributed by atoms with van der Waals surface area (Å²) in [4.78, 5) is 23.2. The number of aromatic hydroxyl groups is 1. The van der Waals surface area contributed by atoms with Gasteiger partial charge in [0.2, 0.25) is 0 Å². The van der Waals surface area contributed by atoms with Crippen LogP contribution >= 0.6 is 47.2 Å². The van der Waals surface area contributed by atoms with Gasteiger partial charge in [0.25, 0.3) is 0 Å². The molecule has 6 rings (SSSR count). The molecule has 0 aliphatic heterocycles. The third kappa shape index (κ3) is 17.0. The zero-order chi connectivity index (χ0) is 46.1. The first kappa shape index (κ1) is 53.7. The minimum Gasteiger partial charge on any atom is -0.508 e. The summed E-state index contributed by atoms with van der Waals surface area (Å²) in [7, 11) is 0. The Bertz CT molecular complexity index is 2020. The smallest absolute Gasteiger partial charge is 0.407 e. The molecule has 0 spiro atoms. The Hall–Kier alpha value is -3.63. The van der Waals surface area contributed by atoms with E-state index < -0.39 is 54.2 Å². The van der Waals surface area contributed by atoms with Crippen molar-refractivity contribution < 1.29 is 55.6 Å².